The number of nitrogens with zero attached hydrogens (tertiary/aromatic N) is 2. The van der Waals surface area contributed by atoms with E-state index in [0.29, 0.717) is 29.7 Å². The molecule has 23 heavy (non-hydrogen) atoms. The molecule has 3 aromatic rings. The van der Waals surface area contributed by atoms with Gasteiger partial charge < -0.3 is 10.6 Å². The van der Waals surface area contributed by atoms with Crippen molar-refractivity contribution in [2.24, 2.45) is 0 Å². The zero-order chi connectivity index (χ0) is 16.2. The highest BCUT2D eigenvalue weighted by atomic mass is 79.9. The summed E-state index contributed by atoms with van der Waals surface area (Å²) in [5, 5.41) is 7.86. The van der Waals surface area contributed by atoms with Crippen LogP contribution in [-0.4, -0.2) is 23.1 Å². The number of nitrogens with one attached hydrogen (secondary N) is 2. The summed E-state index contributed by atoms with van der Waals surface area (Å²) in [7, 11) is 0. The molecule has 0 fully saturated rings. The largest absolute Gasteiger partial charge is 0.368 e. The number of pyridine rings is 2. The van der Waals surface area contributed by atoms with Crippen molar-refractivity contribution in [3.8, 4) is 0 Å². The molecule has 0 bridgehead atoms. The zero-order valence-electron chi connectivity index (χ0n) is 12.0. The Morgan fingerprint density at radius 3 is 2.57 bits per heavy atom. The third-order valence-electron chi connectivity index (χ3n) is 3.19. The van der Waals surface area contributed by atoms with Gasteiger partial charge in [-0.3, -0.25) is 0 Å². The van der Waals surface area contributed by atoms with E-state index >= 15 is 0 Å². The summed E-state index contributed by atoms with van der Waals surface area (Å²) in [6.07, 6.45) is 1.18. The number of hydrogen-bond donors (Lipinski definition) is 2. The lowest BCUT2D eigenvalue weighted by Crippen LogP contribution is -2.15. The molecular formula is C16H13BrClFN4. The summed E-state index contributed by atoms with van der Waals surface area (Å²) >= 11 is 9.71. The average Bonchev–Trinajstić information content (AvgIpc) is 2.53. The van der Waals surface area contributed by atoms with Gasteiger partial charge in [-0.15, -0.1) is 0 Å². The molecule has 2 aromatic heterocycles. The van der Waals surface area contributed by atoms with Crippen molar-refractivity contribution in [2.45, 2.75) is 0 Å². The van der Waals surface area contributed by atoms with Crippen LogP contribution < -0.4 is 10.6 Å². The van der Waals surface area contributed by atoms with Gasteiger partial charge in [-0.05, 0) is 30.3 Å². The van der Waals surface area contributed by atoms with Crippen LogP contribution in [0.25, 0.3) is 10.9 Å². The fourth-order valence-electron chi connectivity index (χ4n) is 2.11. The van der Waals surface area contributed by atoms with Crippen LogP contribution in [0.5, 0.6) is 0 Å². The predicted molar refractivity (Wildman–Crippen MR) is 95.6 cm³/mol. The summed E-state index contributed by atoms with van der Waals surface area (Å²) < 4.78 is 13.7. The molecule has 2 N–H and O–H groups in total. The lowest BCUT2D eigenvalue weighted by molar-refractivity contribution is 0.621. The van der Waals surface area contributed by atoms with Crippen molar-refractivity contribution in [3.05, 3.63) is 57.9 Å². The third kappa shape index (κ3) is 4.09. The first-order valence-corrected chi connectivity index (χ1v) is 8.14. The summed E-state index contributed by atoms with van der Waals surface area (Å²) in [5.41, 5.74) is 0.822. The predicted octanol–water partition coefficient (Wildman–Crippen LogP) is 4.71. The van der Waals surface area contributed by atoms with Gasteiger partial charge in [0, 0.05) is 22.9 Å². The Morgan fingerprint density at radius 1 is 1.04 bits per heavy atom. The molecule has 0 aliphatic heterocycles. The van der Waals surface area contributed by atoms with Crippen molar-refractivity contribution >= 4 is 50.1 Å². The molecule has 0 amide bonds. The number of anilines is 2. The molecule has 118 valence electrons. The van der Waals surface area contributed by atoms with Crippen LogP contribution in [0.1, 0.15) is 0 Å². The molecule has 0 aliphatic carbocycles. The summed E-state index contributed by atoms with van der Waals surface area (Å²) in [5.74, 6) is 0.978. The Hall–Kier alpha value is -1.92. The van der Waals surface area contributed by atoms with Crippen molar-refractivity contribution in [2.75, 3.05) is 23.7 Å². The first kappa shape index (κ1) is 16.0. The second kappa shape index (κ2) is 7.10. The van der Waals surface area contributed by atoms with E-state index < -0.39 is 0 Å². The van der Waals surface area contributed by atoms with Crippen LogP contribution in [0.2, 0.25) is 5.02 Å². The van der Waals surface area contributed by atoms with Gasteiger partial charge in [0.05, 0.1) is 16.7 Å². The monoisotopic (exact) mass is 394 g/mol. The molecule has 0 spiro atoms. The minimum Gasteiger partial charge on any atom is -0.368 e. The summed E-state index contributed by atoms with van der Waals surface area (Å²) in [4.78, 5) is 8.47. The average molecular weight is 396 g/mol. The van der Waals surface area contributed by atoms with Crippen LogP contribution in [-0.2, 0) is 0 Å². The van der Waals surface area contributed by atoms with E-state index in [-0.39, 0.29) is 5.82 Å². The molecule has 4 nitrogen and oxygen atoms in total. The number of halogens is 3. The number of hydrogen-bond acceptors (Lipinski definition) is 4. The van der Waals surface area contributed by atoms with Crippen LogP contribution in [0, 0.1) is 5.82 Å². The smallest absolute Gasteiger partial charge is 0.141 e. The fraction of sp³-hybridized carbons (Fsp3) is 0.125. The van der Waals surface area contributed by atoms with Crippen molar-refractivity contribution in [1.82, 2.24) is 9.97 Å². The molecule has 1 aromatic carbocycles. The fourth-order valence-corrected chi connectivity index (χ4v) is 2.72. The maximum absolute atomic E-state index is 12.8. The quantitative estimate of drug-likeness (QED) is 0.614. The van der Waals surface area contributed by atoms with Gasteiger partial charge in [-0.1, -0.05) is 33.6 Å². The van der Waals surface area contributed by atoms with Gasteiger partial charge in [-0.25, -0.2) is 14.4 Å². The second-order valence-electron chi connectivity index (χ2n) is 4.87. The Morgan fingerprint density at radius 2 is 1.83 bits per heavy atom. The second-order valence-corrected chi connectivity index (χ2v) is 6.19. The minimum absolute atomic E-state index is 0.352. The highest BCUT2D eigenvalue weighted by molar-refractivity contribution is 9.10. The minimum atomic E-state index is -0.352. The normalized spacial score (nSPS) is 10.7. The Balaban J connectivity index is 1.62. The lowest BCUT2D eigenvalue weighted by Gasteiger charge is -2.09. The van der Waals surface area contributed by atoms with E-state index in [1.165, 1.54) is 12.3 Å². The number of fused-ring (bicyclic) bond motifs is 1. The van der Waals surface area contributed by atoms with Crippen molar-refractivity contribution < 1.29 is 4.39 Å². The summed E-state index contributed by atoms with van der Waals surface area (Å²) in [6.45, 7) is 1.25. The molecule has 0 aliphatic rings. The van der Waals surface area contributed by atoms with Gasteiger partial charge in [-0.2, -0.15) is 0 Å². The molecule has 0 atom stereocenters. The Bertz CT molecular complexity index is 826. The SMILES string of the molecule is Fc1ccc(NCCNc2cc(Cl)c3ccc(Br)cc3n2)nc1. The third-order valence-corrected chi connectivity index (χ3v) is 3.99. The zero-order valence-corrected chi connectivity index (χ0v) is 14.3. The van der Waals surface area contributed by atoms with E-state index in [9.17, 15) is 4.39 Å². The molecule has 0 radical (unpaired) electrons. The molecule has 3 rings (SSSR count). The molecular weight excluding hydrogens is 383 g/mol. The maximum Gasteiger partial charge on any atom is 0.141 e. The van der Waals surface area contributed by atoms with Gasteiger partial charge in [0.1, 0.15) is 17.5 Å². The van der Waals surface area contributed by atoms with Crippen LogP contribution in [0.4, 0.5) is 16.0 Å². The van der Waals surface area contributed by atoms with Crippen LogP contribution >= 0.6 is 27.5 Å². The van der Waals surface area contributed by atoms with Gasteiger partial charge in [0.25, 0.3) is 0 Å². The van der Waals surface area contributed by atoms with E-state index in [1.54, 1.807) is 12.1 Å². The van der Waals surface area contributed by atoms with Gasteiger partial charge in [0.15, 0.2) is 0 Å². The highest BCUT2D eigenvalue weighted by Crippen LogP contribution is 2.27. The number of aromatic nitrogens is 2. The van der Waals surface area contributed by atoms with Crippen LogP contribution in [0.3, 0.4) is 0 Å². The highest BCUT2D eigenvalue weighted by Gasteiger charge is 2.04. The van der Waals surface area contributed by atoms with Crippen LogP contribution in [0.15, 0.2) is 47.1 Å². The number of rotatable bonds is 5. The molecule has 0 unspecified atom stereocenters. The van der Waals surface area contributed by atoms with Gasteiger partial charge >= 0.3 is 0 Å². The van der Waals surface area contributed by atoms with E-state index in [2.05, 4.69) is 36.5 Å². The molecule has 0 saturated heterocycles. The van der Waals surface area contributed by atoms with E-state index in [1.807, 2.05) is 18.2 Å². The molecule has 7 heteroatoms. The topological polar surface area (TPSA) is 49.8 Å². The van der Waals surface area contributed by atoms with E-state index in [4.69, 9.17) is 11.6 Å². The Kier molecular flexibility index (Phi) is 4.93. The Labute approximate surface area is 146 Å². The number of benzene rings is 1. The standard InChI is InChI=1S/C16H13BrClFN4/c17-10-1-3-12-13(18)8-16(23-14(12)7-10)21-6-5-20-15-4-2-11(19)9-22-15/h1-4,7-9H,5-6H2,(H,20,22)(H,21,23). The lowest BCUT2D eigenvalue weighted by atomic mass is 10.2. The van der Waals surface area contributed by atoms with Gasteiger partial charge in [0.2, 0.25) is 0 Å². The van der Waals surface area contributed by atoms with Crippen molar-refractivity contribution in [1.29, 1.82) is 0 Å². The summed E-state index contributed by atoms with van der Waals surface area (Å²) in [6, 6.07) is 10.5. The van der Waals surface area contributed by atoms with Crippen molar-refractivity contribution in [3.63, 3.8) is 0 Å². The first-order chi connectivity index (χ1) is 11.1. The van der Waals surface area contributed by atoms with E-state index in [0.717, 1.165) is 15.4 Å². The molecule has 0 saturated carbocycles. The first-order valence-electron chi connectivity index (χ1n) is 6.97. The molecule has 2 heterocycles. The maximum atomic E-state index is 12.8.